The van der Waals surface area contributed by atoms with E-state index in [1.807, 2.05) is 19.3 Å². The van der Waals surface area contributed by atoms with Crippen LogP contribution in [0.2, 0.25) is 0 Å². The number of hydrogen-bond acceptors (Lipinski definition) is 3. The first kappa shape index (κ1) is 13.5. The van der Waals surface area contributed by atoms with Gasteiger partial charge in [-0.25, -0.2) is 4.39 Å². The summed E-state index contributed by atoms with van der Waals surface area (Å²) in [6, 6.07) is 6.68. The molecular weight excluding hydrogens is 263 g/mol. The molecule has 1 heterocycles. The fourth-order valence-electron chi connectivity index (χ4n) is 1.84. The zero-order chi connectivity index (χ0) is 13.8. The van der Waals surface area contributed by atoms with Gasteiger partial charge in [0.2, 0.25) is 0 Å². The number of halogens is 1. The summed E-state index contributed by atoms with van der Waals surface area (Å²) < 4.78 is 15.4. The maximum atomic E-state index is 13.6. The van der Waals surface area contributed by atoms with Gasteiger partial charge in [-0.2, -0.15) is 5.10 Å². The first-order valence-corrected chi connectivity index (χ1v) is 6.29. The van der Waals surface area contributed by atoms with Gasteiger partial charge >= 0.3 is 0 Å². The molecule has 0 spiro atoms. The first-order chi connectivity index (χ1) is 9.08. The lowest BCUT2D eigenvalue weighted by Gasteiger charge is -2.11. The molecule has 0 aliphatic carbocycles. The van der Waals surface area contributed by atoms with Crippen LogP contribution in [0.4, 0.5) is 10.1 Å². The normalized spacial score (nSPS) is 10.4. The second-order valence-electron chi connectivity index (χ2n) is 4.18. The maximum Gasteiger partial charge on any atom is 0.135 e. The lowest BCUT2D eigenvalue weighted by molar-refractivity contribution is 0.626. The summed E-state index contributed by atoms with van der Waals surface area (Å²) in [5, 5.41) is 7.41. The number of hydrogen-bond donors (Lipinski definition) is 2. The van der Waals surface area contributed by atoms with Gasteiger partial charge in [-0.1, -0.05) is 18.3 Å². The SMILES string of the molecule is Cn1ccc(CCNc2cccc(F)c2C(N)=S)n1. The Morgan fingerprint density at radius 1 is 1.47 bits per heavy atom. The molecular formula is C13H15FN4S. The molecule has 2 aromatic rings. The van der Waals surface area contributed by atoms with Gasteiger partial charge in [0.1, 0.15) is 10.8 Å². The average Bonchev–Trinajstić information content (AvgIpc) is 2.74. The minimum atomic E-state index is -0.407. The molecule has 1 aromatic heterocycles. The Labute approximate surface area is 116 Å². The summed E-state index contributed by atoms with van der Waals surface area (Å²) in [5.74, 6) is -0.407. The van der Waals surface area contributed by atoms with Crippen LogP contribution in [0.15, 0.2) is 30.5 Å². The smallest absolute Gasteiger partial charge is 0.135 e. The number of anilines is 1. The molecule has 100 valence electrons. The molecule has 2 rings (SSSR count). The average molecular weight is 278 g/mol. The fourth-order valence-corrected chi connectivity index (χ4v) is 2.05. The molecule has 6 heteroatoms. The topological polar surface area (TPSA) is 55.9 Å². The third-order valence-corrected chi connectivity index (χ3v) is 2.93. The van der Waals surface area contributed by atoms with Crippen LogP contribution in [0.25, 0.3) is 0 Å². The molecule has 0 saturated heterocycles. The Kier molecular flexibility index (Phi) is 4.11. The van der Waals surface area contributed by atoms with E-state index in [9.17, 15) is 4.39 Å². The van der Waals surface area contributed by atoms with Crippen molar-refractivity contribution in [2.75, 3.05) is 11.9 Å². The Morgan fingerprint density at radius 2 is 2.26 bits per heavy atom. The van der Waals surface area contributed by atoms with Crippen molar-refractivity contribution in [3.8, 4) is 0 Å². The third kappa shape index (κ3) is 3.29. The molecule has 4 nitrogen and oxygen atoms in total. The van der Waals surface area contributed by atoms with E-state index in [0.717, 1.165) is 12.1 Å². The lowest BCUT2D eigenvalue weighted by atomic mass is 10.1. The van der Waals surface area contributed by atoms with Crippen LogP contribution in [0.1, 0.15) is 11.3 Å². The molecule has 1 aromatic carbocycles. The van der Waals surface area contributed by atoms with Crippen molar-refractivity contribution < 1.29 is 4.39 Å². The quantitative estimate of drug-likeness (QED) is 0.820. The van der Waals surface area contributed by atoms with E-state index in [-0.39, 0.29) is 10.6 Å². The maximum absolute atomic E-state index is 13.6. The predicted molar refractivity (Wildman–Crippen MR) is 77.7 cm³/mol. The van der Waals surface area contributed by atoms with Gasteiger partial charge in [0.15, 0.2) is 0 Å². The van der Waals surface area contributed by atoms with Crippen LogP contribution in [0.3, 0.4) is 0 Å². The molecule has 3 N–H and O–H groups in total. The van der Waals surface area contributed by atoms with E-state index in [0.29, 0.717) is 12.2 Å². The summed E-state index contributed by atoms with van der Waals surface area (Å²) in [6.45, 7) is 0.635. The van der Waals surface area contributed by atoms with E-state index < -0.39 is 5.82 Å². The minimum absolute atomic E-state index is 0.0541. The number of rotatable bonds is 5. The monoisotopic (exact) mass is 278 g/mol. The molecule has 0 atom stereocenters. The number of thiocarbonyl (C=S) groups is 1. The van der Waals surface area contributed by atoms with Crippen LogP contribution < -0.4 is 11.1 Å². The number of aryl methyl sites for hydroxylation is 1. The van der Waals surface area contributed by atoms with Crippen molar-refractivity contribution >= 4 is 22.9 Å². The first-order valence-electron chi connectivity index (χ1n) is 5.88. The molecule has 0 amide bonds. The van der Waals surface area contributed by atoms with Crippen LogP contribution >= 0.6 is 12.2 Å². The predicted octanol–water partition coefficient (Wildman–Crippen LogP) is 1.85. The zero-order valence-electron chi connectivity index (χ0n) is 10.6. The second kappa shape index (κ2) is 5.79. The molecule has 0 radical (unpaired) electrons. The third-order valence-electron chi connectivity index (χ3n) is 2.73. The van der Waals surface area contributed by atoms with Gasteiger partial charge in [0.05, 0.1) is 11.3 Å². The largest absolute Gasteiger partial charge is 0.389 e. The number of benzene rings is 1. The Hall–Kier alpha value is -1.95. The highest BCUT2D eigenvalue weighted by atomic mass is 32.1. The standard InChI is InChI=1S/C13H15FN4S/c1-18-8-6-9(17-18)5-7-16-11-4-2-3-10(14)12(11)13(15)19/h2-4,6,8,16H,5,7H2,1H3,(H2,15,19). The van der Waals surface area contributed by atoms with Gasteiger partial charge in [-0.15, -0.1) is 0 Å². The van der Waals surface area contributed by atoms with Crippen LogP contribution in [0, 0.1) is 5.82 Å². The fraction of sp³-hybridized carbons (Fsp3) is 0.231. The summed E-state index contributed by atoms with van der Waals surface area (Å²) in [7, 11) is 1.87. The van der Waals surface area contributed by atoms with Crippen LogP contribution in [-0.4, -0.2) is 21.3 Å². The molecule has 19 heavy (non-hydrogen) atoms. The molecule has 0 unspecified atom stereocenters. The Balaban J connectivity index is 2.03. The number of nitrogens with two attached hydrogens (primary N) is 1. The molecule has 0 saturated carbocycles. The van der Waals surface area contributed by atoms with E-state index in [4.69, 9.17) is 18.0 Å². The van der Waals surface area contributed by atoms with E-state index in [1.165, 1.54) is 6.07 Å². The van der Waals surface area contributed by atoms with Gasteiger partial charge in [-0.05, 0) is 18.2 Å². The van der Waals surface area contributed by atoms with Crippen molar-refractivity contribution in [2.45, 2.75) is 6.42 Å². The Bertz CT molecular complexity index is 594. The van der Waals surface area contributed by atoms with E-state index in [1.54, 1.807) is 16.8 Å². The highest BCUT2D eigenvalue weighted by Crippen LogP contribution is 2.18. The number of nitrogens with one attached hydrogen (secondary N) is 1. The highest BCUT2D eigenvalue weighted by Gasteiger charge is 2.10. The second-order valence-corrected chi connectivity index (χ2v) is 4.62. The van der Waals surface area contributed by atoms with Crippen molar-refractivity contribution in [1.82, 2.24) is 9.78 Å². The van der Waals surface area contributed by atoms with Gasteiger partial charge < -0.3 is 11.1 Å². The number of aromatic nitrogens is 2. The van der Waals surface area contributed by atoms with Crippen LogP contribution in [0.5, 0.6) is 0 Å². The zero-order valence-corrected chi connectivity index (χ0v) is 11.4. The van der Waals surface area contributed by atoms with Gasteiger partial charge in [0, 0.05) is 31.9 Å². The molecule has 0 aliphatic rings. The van der Waals surface area contributed by atoms with Gasteiger partial charge in [-0.3, -0.25) is 4.68 Å². The summed E-state index contributed by atoms with van der Waals surface area (Å²) in [4.78, 5) is 0.0541. The van der Waals surface area contributed by atoms with Crippen molar-refractivity contribution in [2.24, 2.45) is 12.8 Å². The van der Waals surface area contributed by atoms with Crippen molar-refractivity contribution in [3.05, 3.63) is 47.5 Å². The summed E-state index contributed by atoms with van der Waals surface area (Å²) in [6.07, 6.45) is 2.63. The highest BCUT2D eigenvalue weighted by molar-refractivity contribution is 7.80. The van der Waals surface area contributed by atoms with E-state index in [2.05, 4.69) is 10.4 Å². The van der Waals surface area contributed by atoms with Crippen LogP contribution in [-0.2, 0) is 13.5 Å². The van der Waals surface area contributed by atoms with Gasteiger partial charge in [0.25, 0.3) is 0 Å². The Morgan fingerprint density at radius 3 is 2.89 bits per heavy atom. The van der Waals surface area contributed by atoms with E-state index >= 15 is 0 Å². The number of nitrogens with zero attached hydrogens (tertiary/aromatic N) is 2. The van der Waals surface area contributed by atoms with Crippen molar-refractivity contribution in [1.29, 1.82) is 0 Å². The lowest BCUT2D eigenvalue weighted by Crippen LogP contribution is -2.16. The summed E-state index contributed by atoms with van der Waals surface area (Å²) >= 11 is 4.87. The molecule has 0 aliphatic heterocycles. The molecule has 0 bridgehead atoms. The molecule has 0 fully saturated rings. The van der Waals surface area contributed by atoms with Crippen molar-refractivity contribution in [3.63, 3.8) is 0 Å². The minimum Gasteiger partial charge on any atom is -0.389 e. The summed E-state index contributed by atoms with van der Waals surface area (Å²) in [5.41, 5.74) is 7.39.